The highest BCUT2D eigenvalue weighted by Gasteiger charge is 2.13. The minimum Gasteiger partial charge on any atom is -0.493 e. The highest BCUT2D eigenvalue weighted by Crippen LogP contribution is 2.33. The average molecular weight is 321 g/mol. The number of rotatable bonds is 3. The van der Waals surface area contributed by atoms with Gasteiger partial charge < -0.3 is 14.4 Å². The number of benzene rings is 2. The van der Waals surface area contributed by atoms with Gasteiger partial charge in [-0.25, -0.2) is 0 Å². The summed E-state index contributed by atoms with van der Waals surface area (Å²) in [7, 11) is 2.10. The van der Waals surface area contributed by atoms with Crippen LogP contribution in [-0.2, 0) is 11.2 Å². The third-order valence-electron chi connectivity index (χ3n) is 4.87. The Morgan fingerprint density at radius 2 is 1.75 bits per heavy atom. The van der Waals surface area contributed by atoms with Crippen LogP contribution >= 0.6 is 0 Å². The van der Waals surface area contributed by atoms with Crippen molar-refractivity contribution in [2.45, 2.75) is 19.3 Å². The van der Waals surface area contributed by atoms with Gasteiger partial charge in [-0.2, -0.15) is 0 Å². The topological polar surface area (TPSA) is 21.7 Å². The summed E-state index contributed by atoms with van der Waals surface area (Å²) in [5.74, 6) is 1.04. The Kier molecular flexibility index (Phi) is 4.26. The molecule has 4 rings (SSSR count). The van der Waals surface area contributed by atoms with Crippen LogP contribution in [0.4, 0.5) is 11.4 Å². The maximum absolute atomic E-state index is 5.80. The Morgan fingerprint density at radius 1 is 0.917 bits per heavy atom. The van der Waals surface area contributed by atoms with Gasteiger partial charge in [0, 0.05) is 24.5 Å². The maximum atomic E-state index is 5.80. The number of hydrogen-bond acceptors (Lipinski definition) is 3. The van der Waals surface area contributed by atoms with E-state index in [9.17, 15) is 0 Å². The van der Waals surface area contributed by atoms with Gasteiger partial charge in [0.2, 0.25) is 0 Å². The molecule has 0 saturated carbocycles. The van der Waals surface area contributed by atoms with E-state index in [1.165, 1.54) is 22.4 Å². The van der Waals surface area contributed by atoms with Crippen LogP contribution in [0.1, 0.15) is 24.0 Å². The van der Waals surface area contributed by atoms with Crippen LogP contribution in [0.2, 0.25) is 0 Å². The van der Waals surface area contributed by atoms with Crippen molar-refractivity contribution in [1.82, 2.24) is 0 Å². The van der Waals surface area contributed by atoms with Gasteiger partial charge in [0.05, 0.1) is 19.8 Å². The first-order valence-electron chi connectivity index (χ1n) is 8.68. The van der Waals surface area contributed by atoms with E-state index < -0.39 is 0 Å². The average Bonchev–Trinajstić information content (AvgIpc) is 2.68. The Labute approximate surface area is 143 Å². The predicted molar refractivity (Wildman–Crippen MR) is 98.2 cm³/mol. The molecule has 2 aliphatic heterocycles. The molecule has 0 radical (unpaired) electrons. The van der Waals surface area contributed by atoms with Crippen molar-refractivity contribution in [3.8, 4) is 5.75 Å². The van der Waals surface area contributed by atoms with Gasteiger partial charge in [0.15, 0.2) is 0 Å². The lowest BCUT2D eigenvalue weighted by Crippen LogP contribution is -2.12. The fourth-order valence-corrected chi connectivity index (χ4v) is 3.37. The van der Waals surface area contributed by atoms with E-state index in [0.29, 0.717) is 0 Å². The fraction of sp³-hybridized carbons (Fsp3) is 0.333. The van der Waals surface area contributed by atoms with Gasteiger partial charge in [-0.05, 0) is 54.2 Å². The van der Waals surface area contributed by atoms with Gasteiger partial charge >= 0.3 is 0 Å². The summed E-state index contributed by atoms with van der Waals surface area (Å²) in [5, 5.41) is 0. The van der Waals surface area contributed by atoms with Crippen LogP contribution in [0.3, 0.4) is 0 Å². The van der Waals surface area contributed by atoms with E-state index >= 15 is 0 Å². The molecule has 2 heterocycles. The van der Waals surface area contributed by atoms with E-state index in [2.05, 4.69) is 60.5 Å². The van der Waals surface area contributed by atoms with Crippen LogP contribution in [0, 0.1) is 0 Å². The normalized spacial score (nSPS) is 16.8. The van der Waals surface area contributed by atoms with E-state index in [1.807, 2.05) is 0 Å². The molecule has 0 spiro atoms. The lowest BCUT2D eigenvalue weighted by Gasteiger charge is -2.24. The highest BCUT2D eigenvalue weighted by molar-refractivity contribution is 5.70. The quantitative estimate of drug-likeness (QED) is 0.826. The van der Waals surface area contributed by atoms with Crippen LogP contribution in [0.25, 0.3) is 5.57 Å². The molecular formula is C21H23NO2. The zero-order valence-electron chi connectivity index (χ0n) is 14.1. The predicted octanol–water partition coefficient (Wildman–Crippen LogP) is 4.58. The first-order chi connectivity index (χ1) is 11.8. The maximum Gasteiger partial charge on any atom is 0.124 e. The second-order valence-corrected chi connectivity index (χ2v) is 6.40. The molecule has 3 nitrogen and oxygen atoms in total. The second kappa shape index (κ2) is 6.70. The third kappa shape index (κ3) is 3.04. The number of fused-ring (bicyclic) bond motifs is 1. The second-order valence-electron chi connectivity index (χ2n) is 6.40. The number of aryl methyl sites for hydroxylation is 1. The molecule has 0 fully saturated rings. The Hall–Kier alpha value is -2.26. The summed E-state index contributed by atoms with van der Waals surface area (Å²) in [5.41, 5.74) is 6.35. The minimum absolute atomic E-state index is 0.728. The van der Waals surface area contributed by atoms with Gasteiger partial charge in [-0.3, -0.25) is 0 Å². The summed E-state index contributed by atoms with van der Waals surface area (Å²) in [4.78, 5) is 2.21. The summed E-state index contributed by atoms with van der Waals surface area (Å²) < 4.78 is 11.2. The molecule has 2 aromatic carbocycles. The van der Waals surface area contributed by atoms with Gasteiger partial charge in [0.25, 0.3) is 0 Å². The van der Waals surface area contributed by atoms with Gasteiger partial charge in [-0.1, -0.05) is 24.3 Å². The van der Waals surface area contributed by atoms with E-state index in [0.717, 1.165) is 50.5 Å². The molecule has 0 amide bonds. The lowest BCUT2D eigenvalue weighted by atomic mass is 10.0. The van der Waals surface area contributed by atoms with Gasteiger partial charge in [0.1, 0.15) is 5.75 Å². The molecule has 124 valence electrons. The molecule has 0 atom stereocenters. The zero-order chi connectivity index (χ0) is 16.4. The molecule has 2 aromatic rings. The molecule has 0 saturated heterocycles. The number of nitrogens with zero attached hydrogens (tertiary/aromatic N) is 1. The van der Waals surface area contributed by atoms with Crippen molar-refractivity contribution in [2.75, 3.05) is 31.8 Å². The minimum atomic E-state index is 0.728. The summed E-state index contributed by atoms with van der Waals surface area (Å²) in [6.45, 7) is 2.38. The van der Waals surface area contributed by atoms with E-state index in [1.54, 1.807) is 0 Å². The van der Waals surface area contributed by atoms with Crippen molar-refractivity contribution in [3.63, 3.8) is 0 Å². The number of hydrogen-bond donors (Lipinski definition) is 0. The molecule has 0 bridgehead atoms. The van der Waals surface area contributed by atoms with E-state index in [4.69, 9.17) is 9.47 Å². The Morgan fingerprint density at radius 3 is 2.54 bits per heavy atom. The molecule has 2 aliphatic rings. The zero-order valence-corrected chi connectivity index (χ0v) is 14.1. The molecular weight excluding hydrogens is 298 g/mol. The smallest absolute Gasteiger partial charge is 0.124 e. The first kappa shape index (κ1) is 15.3. The van der Waals surface area contributed by atoms with Crippen LogP contribution in [-0.4, -0.2) is 26.9 Å². The van der Waals surface area contributed by atoms with Gasteiger partial charge in [-0.15, -0.1) is 0 Å². The highest BCUT2D eigenvalue weighted by atomic mass is 16.5. The largest absolute Gasteiger partial charge is 0.493 e. The molecule has 0 aliphatic carbocycles. The number of ether oxygens (including phenoxy) is 2. The van der Waals surface area contributed by atoms with Crippen molar-refractivity contribution < 1.29 is 9.47 Å². The van der Waals surface area contributed by atoms with Crippen LogP contribution in [0.15, 0.2) is 48.5 Å². The fourth-order valence-electron chi connectivity index (χ4n) is 3.37. The van der Waals surface area contributed by atoms with E-state index in [-0.39, 0.29) is 0 Å². The standard InChI is InChI=1S/C21H23NO2/c1-22(20-9-6-18-3-2-12-24-21(18)15-20)19-7-4-16(5-8-19)17-10-13-23-14-11-17/h4-10,15H,2-3,11-14H2,1H3. The Balaban J connectivity index is 1.56. The Bertz CT molecular complexity index is 749. The van der Waals surface area contributed by atoms with Crippen molar-refractivity contribution in [1.29, 1.82) is 0 Å². The summed E-state index contributed by atoms with van der Waals surface area (Å²) in [6.07, 6.45) is 5.41. The molecule has 0 N–H and O–H groups in total. The van der Waals surface area contributed by atoms with Crippen molar-refractivity contribution in [2.24, 2.45) is 0 Å². The molecule has 0 unspecified atom stereocenters. The molecule has 3 heteroatoms. The number of anilines is 2. The summed E-state index contributed by atoms with van der Waals surface area (Å²) >= 11 is 0. The first-order valence-corrected chi connectivity index (χ1v) is 8.68. The molecule has 24 heavy (non-hydrogen) atoms. The molecule has 0 aromatic heterocycles. The monoisotopic (exact) mass is 321 g/mol. The van der Waals surface area contributed by atoms with Crippen molar-refractivity contribution >= 4 is 16.9 Å². The van der Waals surface area contributed by atoms with Crippen molar-refractivity contribution in [3.05, 3.63) is 59.7 Å². The van der Waals surface area contributed by atoms with Crippen LogP contribution in [0.5, 0.6) is 5.75 Å². The SMILES string of the molecule is CN(c1ccc(C2=CCOCC2)cc1)c1ccc2c(c1)OCCC2. The summed E-state index contributed by atoms with van der Waals surface area (Å²) in [6, 6.07) is 15.3. The lowest BCUT2D eigenvalue weighted by molar-refractivity contribution is 0.161. The van der Waals surface area contributed by atoms with Crippen LogP contribution < -0.4 is 9.64 Å². The third-order valence-corrected chi connectivity index (χ3v) is 4.87.